The zero-order valence-electron chi connectivity index (χ0n) is 10.1. The first kappa shape index (κ1) is 12.4. The van der Waals surface area contributed by atoms with Gasteiger partial charge in [0.2, 0.25) is 0 Å². The number of aryl methyl sites for hydroxylation is 1. The summed E-state index contributed by atoms with van der Waals surface area (Å²) in [5.41, 5.74) is 9.18. The van der Waals surface area contributed by atoms with Crippen LogP contribution in [0.25, 0.3) is 0 Å². The van der Waals surface area contributed by atoms with E-state index >= 15 is 0 Å². The van der Waals surface area contributed by atoms with Gasteiger partial charge in [-0.15, -0.1) is 11.3 Å². The largest absolute Gasteiger partial charge is 0.494 e. The smallest absolute Gasteiger partial charge is 0.267 e. The molecule has 2 aromatic rings. The fourth-order valence-corrected chi connectivity index (χ4v) is 2.21. The third-order valence-corrected chi connectivity index (χ3v) is 3.35. The molecule has 0 bridgehead atoms. The number of anilines is 2. The molecule has 1 aromatic heterocycles. The van der Waals surface area contributed by atoms with Gasteiger partial charge in [-0.3, -0.25) is 4.79 Å². The lowest BCUT2D eigenvalue weighted by atomic mass is 10.2. The van der Waals surface area contributed by atoms with E-state index in [1.807, 2.05) is 0 Å². The Morgan fingerprint density at radius 2 is 2.28 bits per heavy atom. The van der Waals surface area contributed by atoms with Gasteiger partial charge >= 0.3 is 0 Å². The van der Waals surface area contributed by atoms with Crippen LogP contribution in [0.1, 0.15) is 15.4 Å². The number of nitrogen functional groups attached to an aromatic ring is 1. The number of nitrogens with two attached hydrogens (primary N) is 1. The molecule has 94 valence electrons. The lowest BCUT2D eigenvalue weighted by molar-refractivity contribution is 0.102. The molecule has 0 aliphatic carbocycles. The topological polar surface area (TPSA) is 77.2 Å². The van der Waals surface area contributed by atoms with Crippen LogP contribution in [-0.2, 0) is 0 Å². The molecule has 1 heterocycles. The van der Waals surface area contributed by atoms with Crippen LogP contribution in [0, 0.1) is 6.92 Å². The Hall–Kier alpha value is -2.08. The van der Waals surface area contributed by atoms with Crippen LogP contribution < -0.4 is 15.8 Å². The Morgan fingerprint density at radius 3 is 2.89 bits per heavy atom. The molecule has 0 aliphatic heterocycles. The minimum absolute atomic E-state index is 0.196. The van der Waals surface area contributed by atoms with Crippen molar-refractivity contribution in [3.05, 3.63) is 34.3 Å². The average Bonchev–Trinajstić information content (AvgIpc) is 2.77. The predicted octanol–water partition coefficient (Wildman–Crippen LogP) is 2.29. The van der Waals surface area contributed by atoms with Crippen LogP contribution in [0.4, 0.5) is 11.4 Å². The summed E-state index contributed by atoms with van der Waals surface area (Å²) in [4.78, 5) is 16.7. The number of aromatic nitrogens is 1. The van der Waals surface area contributed by atoms with Crippen molar-refractivity contribution >= 4 is 28.6 Å². The molecule has 0 fully saturated rings. The van der Waals surface area contributed by atoms with Gasteiger partial charge < -0.3 is 15.8 Å². The molecule has 0 saturated heterocycles. The van der Waals surface area contributed by atoms with Crippen LogP contribution in [0.5, 0.6) is 5.75 Å². The fourth-order valence-electron chi connectivity index (χ4n) is 1.51. The maximum Gasteiger partial charge on any atom is 0.267 e. The molecule has 5 nitrogen and oxygen atoms in total. The highest BCUT2D eigenvalue weighted by Crippen LogP contribution is 2.27. The van der Waals surface area contributed by atoms with Gasteiger partial charge in [0.25, 0.3) is 5.91 Å². The van der Waals surface area contributed by atoms with E-state index in [1.165, 1.54) is 18.4 Å². The first-order valence-corrected chi connectivity index (χ1v) is 6.14. The third kappa shape index (κ3) is 2.43. The first-order valence-electron chi connectivity index (χ1n) is 5.26. The number of methoxy groups -OCH3 is 1. The number of carbonyl (C=O) groups excluding carboxylic acids is 1. The number of nitrogens with zero attached hydrogens (tertiary/aromatic N) is 1. The van der Waals surface area contributed by atoms with Crippen molar-refractivity contribution < 1.29 is 9.53 Å². The van der Waals surface area contributed by atoms with Crippen molar-refractivity contribution in [1.82, 2.24) is 4.98 Å². The van der Waals surface area contributed by atoms with Crippen LogP contribution >= 0.6 is 11.3 Å². The zero-order chi connectivity index (χ0) is 13.1. The summed E-state index contributed by atoms with van der Waals surface area (Å²) in [5, 5.41) is 2.78. The normalized spacial score (nSPS) is 10.1. The van der Waals surface area contributed by atoms with Gasteiger partial charge in [-0.05, 0) is 19.1 Å². The molecule has 0 unspecified atom stereocenters. The summed E-state index contributed by atoms with van der Waals surface area (Å²) in [6.45, 7) is 1.80. The maximum absolute atomic E-state index is 12.0. The molecule has 0 radical (unpaired) electrons. The van der Waals surface area contributed by atoms with Gasteiger partial charge in [-0.25, -0.2) is 4.98 Å². The van der Waals surface area contributed by atoms with Gasteiger partial charge in [-0.2, -0.15) is 0 Å². The monoisotopic (exact) mass is 263 g/mol. The predicted molar refractivity (Wildman–Crippen MR) is 72.2 cm³/mol. The SMILES string of the molecule is COc1cc(N)ccc1NC(=O)c1scnc1C. The number of hydrogen-bond donors (Lipinski definition) is 2. The number of thiazole rings is 1. The number of amides is 1. The molecule has 3 N–H and O–H groups in total. The van der Waals surface area contributed by atoms with Crippen molar-refractivity contribution in [3.63, 3.8) is 0 Å². The van der Waals surface area contributed by atoms with Crippen LogP contribution in [0.3, 0.4) is 0 Å². The van der Waals surface area contributed by atoms with E-state index in [0.717, 1.165) is 0 Å². The molecular formula is C12H13N3O2S. The molecule has 0 atom stereocenters. The molecule has 0 spiro atoms. The van der Waals surface area contributed by atoms with Crippen molar-refractivity contribution in [2.75, 3.05) is 18.2 Å². The Kier molecular flexibility index (Phi) is 3.47. The van der Waals surface area contributed by atoms with Gasteiger partial charge in [-0.1, -0.05) is 0 Å². The molecule has 0 saturated carbocycles. The highest BCUT2D eigenvalue weighted by Gasteiger charge is 2.14. The van der Waals surface area contributed by atoms with E-state index in [-0.39, 0.29) is 5.91 Å². The minimum Gasteiger partial charge on any atom is -0.494 e. The van der Waals surface area contributed by atoms with Crippen LogP contribution in [0.2, 0.25) is 0 Å². The van der Waals surface area contributed by atoms with E-state index in [4.69, 9.17) is 10.5 Å². The van der Waals surface area contributed by atoms with E-state index in [1.54, 1.807) is 30.6 Å². The lowest BCUT2D eigenvalue weighted by Gasteiger charge is -2.10. The molecule has 1 aromatic carbocycles. The Morgan fingerprint density at radius 1 is 1.50 bits per heavy atom. The number of nitrogens with one attached hydrogen (secondary N) is 1. The molecular weight excluding hydrogens is 250 g/mol. The van der Waals surface area contributed by atoms with Gasteiger partial charge in [0.1, 0.15) is 10.6 Å². The van der Waals surface area contributed by atoms with E-state index in [9.17, 15) is 4.79 Å². The third-order valence-electron chi connectivity index (χ3n) is 2.43. The first-order chi connectivity index (χ1) is 8.61. The van der Waals surface area contributed by atoms with E-state index in [0.29, 0.717) is 27.7 Å². The standard InChI is InChI=1S/C12H13N3O2S/c1-7-11(18-6-14-7)12(16)15-9-4-3-8(13)5-10(9)17-2/h3-6H,13H2,1-2H3,(H,15,16). The summed E-state index contributed by atoms with van der Waals surface area (Å²) in [6.07, 6.45) is 0. The zero-order valence-corrected chi connectivity index (χ0v) is 10.9. The van der Waals surface area contributed by atoms with Crippen molar-refractivity contribution in [2.24, 2.45) is 0 Å². The summed E-state index contributed by atoms with van der Waals surface area (Å²) >= 11 is 1.30. The summed E-state index contributed by atoms with van der Waals surface area (Å²) < 4.78 is 5.17. The number of carbonyl (C=O) groups is 1. The van der Waals surface area contributed by atoms with Gasteiger partial charge in [0.05, 0.1) is 24.0 Å². The average molecular weight is 263 g/mol. The summed E-state index contributed by atoms with van der Waals surface area (Å²) in [7, 11) is 1.53. The Balaban J connectivity index is 2.24. The second-order valence-corrected chi connectivity index (χ2v) is 4.54. The summed E-state index contributed by atoms with van der Waals surface area (Å²) in [6, 6.07) is 5.08. The van der Waals surface area contributed by atoms with Gasteiger partial charge in [0, 0.05) is 11.8 Å². The highest BCUT2D eigenvalue weighted by molar-refractivity contribution is 7.12. The number of hydrogen-bond acceptors (Lipinski definition) is 5. The second kappa shape index (κ2) is 5.05. The van der Waals surface area contributed by atoms with Crippen molar-refractivity contribution in [1.29, 1.82) is 0 Å². The molecule has 1 amide bonds. The number of benzene rings is 1. The minimum atomic E-state index is -0.196. The van der Waals surface area contributed by atoms with Crippen molar-refractivity contribution in [2.45, 2.75) is 6.92 Å². The maximum atomic E-state index is 12.0. The van der Waals surface area contributed by atoms with Crippen LogP contribution in [-0.4, -0.2) is 18.0 Å². The molecule has 2 rings (SSSR count). The van der Waals surface area contributed by atoms with E-state index in [2.05, 4.69) is 10.3 Å². The van der Waals surface area contributed by atoms with E-state index < -0.39 is 0 Å². The van der Waals surface area contributed by atoms with Crippen LogP contribution in [0.15, 0.2) is 23.7 Å². The molecule has 0 aliphatic rings. The fraction of sp³-hybridized carbons (Fsp3) is 0.167. The quantitative estimate of drug-likeness (QED) is 0.833. The Labute approximate surface area is 109 Å². The number of rotatable bonds is 3. The van der Waals surface area contributed by atoms with Crippen molar-refractivity contribution in [3.8, 4) is 5.75 Å². The summed E-state index contributed by atoms with van der Waals surface area (Å²) in [5.74, 6) is 0.337. The number of ether oxygens (including phenoxy) is 1. The molecule has 18 heavy (non-hydrogen) atoms. The van der Waals surface area contributed by atoms with Gasteiger partial charge in [0.15, 0.2) is 0 Å². The molecule has 6 heteroatoms. The highest BCUT2D eigenvalue weighted by atomic mass is 32.1. The second-order valence-electron chi connectivity index (χ2n) is 3.68. The lowest BCUT2D eigenvalue weighted by Crippen LogP contribution is -2.12. The Bertz CT molecular complexity index is 580.